The second-order valence-corrected chi connectivity index (χ2v) is 3.14. The molecule has 1 atom stereocenters. The molecule has 0 radical (unpaired) electrons. The largest absolute Gasteiger partial charge is 0.567 e. The molecule has 0 bridgehead atoms. The van der Waals surface area contributed by atoms with Crippen molar-refractivity contribution in [2.24, 2.45) is 0 Å². The van der Waals surface area contributed by atoms with Crippen LogP contribution >= 0.6 is 0 Å². The fraction of sp³-hybridized carbons (Fsp3) is 0.364. The number of epoxide rings is 1. The molecule has 0 amide bonds. The first-order valence-corrected chi connectivity index (χ1v) is 4.72. The molecule has 1 aromatic carbocycles. The van der Waals surface area contributed by atoms with Gasteiger partial charge in [-0.15, -0.1) is 0 Å². The molecular formula is C11H13O4W-. The molecule has 16 heavy (non-hydrogen) atoms. The Bertz CT molecular complexity index is 297. The van der Waals surface area contributed by atoms with Crippen LogP contribution in [0.5, 0.6) is 11.5 Å². The van der Waals surface area contributed by atoms with Gasteiger partial charge in [0.05, 0.1) is 6.61 Å². The van der Waals surface area contributed by atoms with E-state index in [9.17, 15) is 0 Å². The average molecular weight is 393 g/mol. The molecule has 5 heteroatoms. The summed E-state index contributed by atoms with van der Waals surface area (Å²) < 4.78 is 20.4. The molecule has 1 unspecified atom stereocenters. The van der Waals surface area contributed by atoms with Crippen LogP contribution in [0.3, 0.4) is 0 Å². The minimum absolute atomic E-state index is 0. The maximum absolute atomic E-state index is 5.45. The molecule has 1 aliphatic heterocycles. The van der Waals surface area contributed by atoms with Crippen molar-refractivity contribution < 1.29 is 40.0 Å². The fourth-order valence-electron chi connectivity index (χ4n) is 1.07. The number of hydrogen-bond donors (Lipinski definition) is 0. The van der Waals surface area contributed by atoms with Gasteiger partial charge in [0.2, 0.25) is 0 Å². The molecule has 1 aromatic rings. The molecule has 0 N–H and O–H groups in total. The Morgan fingerprint density at radius 2 is 1.75 bits per heavy atom. The van der Waals surface area contributed by atoms with Crippen LogP contribution in [0.4, 0.5) is 0 Å². The van der Waals surface area contributed by atoms with Crippen molar-refractivity contribution in [2.75, 3.05) is 20.5 Å². The second kappa shape index (κ2) is 6.89. The third kappa shape index (κ3) is 4.52. The SMILES string of the molecule is COCOc1ccc(OCC2[CH-]O2)cc1.[W]. The van der Waals surface area contributed by atoms with Crippen molar-refractivity contribution >= 4 is 0 Å². The summed E-state index contributed by atoms with van der Waals surface area (Å²) in [6.45, 7) is 2.57. The predicted molar refractivity (Wildman–Crippen MR) is 53.6 cm³/mol. The van der Waals surface area contributed by atoms with E-state index in [2.05, 4.69) is 0 Å². The minimum atomic E-state index is 0. The van der Waals surface area contributed by atoms with Gasteiger partial charge in [-0.3, -0.25) is 0 Å². The summed E-state index contributed by atoms with van der Waals surface area (Å²) >= 11 is 0. The van der Waals surface area contributed by atoms with E-state index in [0.29, 0.717) is 6.61 Å². The van der Waals surface area contributed by atoms with Crippen molar-refractivity contribution in [3.8, 4) is 11.5 Å². The van der Waals surface area contributed by atoms with E-state index in [-0.39, 0.29) is 34.0 Å². The Hall–Kier alpha value is -0.572. The molecule has 0 aromatic heterocycles. The van der Waals surface area contributed by atoms with Crippen molar-refractivity contribution in [2.45, 2.75) is 6.10 Å². The van der Waals surface area contributed by atoms with E-state index in [4.69, 9.17) is 18.9 Å². The maximum atomic E-state index is 5.45. The molecule has 1 aliphatic rings. The van der Waals surface area contributed by atoms with Gasteiger partial charge in [-0.2, -0.15) is 6.61 Å². The van der Waals surface area contributed by atoms with Crippen molar-refractivity contribution in [1.29, 1.82) is 0 Å². The third-order valence-corrected chi connectivity index (χ3v) is 1.91. The van der Waals surface area contributed by atoms with E-state index >= 15 is 0 Å². The summed E-state index contributed by atoms with van der Waals surface area (Å²) in [4.78, 5) is 0. The molecule has 4 nitrogen and oxygen atoms in total. The Morgan fingerprint density at radius 1 is 1.19 bits per heavy atom. The van der Waals surface area contributed by atoms with E-state index in [1.165, 1.54) is 0 Å². The van der Waals surface area contributed by atoms with Crippen LogP contribution in [0.25, 0.3) is 0 Å². The summed E-state index contributed by atoms with van der Waals surface area (Å²) in [5, 5.41) is 0. The molecule has 2 rings (SSSR count). The van der Waals surface area contributed by atoms with Gasteiger partial charge in [-0.05, 0) is 30.4 Å². The Kier molecular flexibility index (Phi) is 5.81. The summed E-state index contributed by atoms with van der Waals surface area (Å²) in [6, 6.07) is 7.39. The average Bonchev–Trinajstić information content (AvgIpc) is 3.09. The monoisotopic (exact) mass is 393 g/mol. The number of methoxy groups -OCH3 is 1. The maximum Gasteiger partial charge on any atom is 0.188 e. The molecule has 1 saturated heterocycles. The van der Waals surface area contributed by atoms with E-state index in [1.54, 1.807) is 13.7 Å². The van der Waals surface area contributed by atoms with E-state index in [0.717, 1.165) is 11.5 Å². The standard InChI is InChI=1S/C11H13O4.W/c1-12-8-15-10-4-2-9(3-5-10)13-6-11-7-14-11;/h2-5,7,11H,6,8H2,1H3;/q-1;. The molecule has 0 spiro atoms. The molecule has 88 valence electrons. The van der Waals surface area contributed by atoms with Crippen LogP contribution in [-0.2, 0) is 30.5 Å². The first-order valence-electron chi connectivity index (χ1n) is 4.72. The van der Waals surface area contributed by atoms with Gasteiger partial charge in [0.25, 0.3) is 0 Å². The van der Waals surface area contributed by atoms with E-state index in [1.807, 2.05) is 24.3 Å². The van der Waals surface area contributed by atoms with Crippen LogP contribution in [0.1, 0.15) is 0 Å². The van der Waals surface area contributed by atoms with Crippen LogP contribution in [0.2, 0.25) is 0 Å². The Morgan fingerprint density at radius 3 is 2.25 bits per heavy atom. The summed E-state index contributed by atoms with van der Waals surface area (Å²) in [7, 11) is 1.59. The molecular weight excluding hydrogens is 380 g/mol. The van der Waals surface area contributed by atoms with Crippen molar-refractivity contribution in [3.63, 3.8) is 0 Å². The van der Waals surface area contributed by atoms with Crippen LogP contribution in [0.15, 0.2) is 24.3 Å². The van der Waals surface area contributed by atoms with E-state index < -0.39 is 0 Å². The first-order chi connectivity index (χ1) is 7.38. The Labute approximate surface area is 109 Å². The summed E-state index contributed by atoms with van der Waals surface area (Å²) in [6.07, 6.45) is 0.161. The van der Waals surface area contributed by atoms with Gasteiger partial charge in [-0.25, -0.2) is 0 Å². The van der Waals surface area contributed by atoms with Gasteiger partial charge in [-0.1, -0.05) is 0 Å². The molecule has 1 fully saturated rings. The zero-order valence-corrected chi connectivity index (χ0v) is 11.9. The van der Waals surface area contributed by atoms with Crippen LogP contribution < -0.4 is 9.47 Å². The molecule has 1 heterocycles. The summed E-state index contributed by atoms with van der Waals surface area (Å²) in [5.74, 6) is 1.57. The quantitative estimate of drug-likeness (QED) is 0.419. The predicted octanol–water partition coefficient (Wildman–Crippen LogP) is 1.61. The van der Waals surface area contributed by atoms with Gasteiger partial charge >= 0.3 is 0 Å². The zero-order valence-electron chi connectivity index (χ0n) is 8.92. The fourth-order valence-corrected chi connectivity index (χ4v) is 1.07. The number of hydrogen-bond acceptors (Lipinski definition) is 4. The van der Waals surface area contributed by atoms with Gasteiger partial charge < -0.3 is 18.9 Å². The first kappa shape index (κ1) is 13.5. The van der Waals surface area contributed by atoms with Crippen LogP contribution in [0, 0.1) is 6.61 Å². The van der Waals surface area contributed by atoms with Gasteiger partial charge in [0.1, 0.15) is 11.5 Å². The second-order valence-electron chi connectivity index (χ2n) is 3.14. The number of ether oxygens (including phenoxy) is 4. The minimum Gasteiger partial charge on any atom is -0.567 e. The van der Waals surface area contributed by atoms with Gasteiger partial charge in [0.15, 0.2) is 6.79 Å². The number of benzene rings is 1. The zero-order chi connectivity index (χ0) is 10.5. The Balaban J connectivity index is 0.00000128. The molecule has 0 saturated carbocycles. The van der Waals surface area contributed by atoms with Crippen molar-refractivity contribution in [3.05, 3.63) is 30.9 Å². The third-order valence-electron chi connectivity index (χ3n) is 1.91. The molecule has 0 aliphatic carbocycles. The smallest absolute Gasteiger partial charge is 0.188 e. The number of rotatable bonds is 6. The van der Waals surface area contributed by atoms with Crippen molar-refractivity contribution in [1.82, 2.24) is 0 Å². The van der Waals surface area contributed by atoms with Crippen LogP contribution in [-0.4, -0.2) is 26.6 Å². The summed E-state index contributed by atoms with van der Waals surface area (Å²) in [5.41, 5.74) is 0. The topological polar surface area (TPSA) is 40.2 Å². The normalized spacial score (nSPS) is 17.4. The van der Waals surface area contributed by atoms with Gasteiger partial charge in [0, 0.05) is 28.2 Å².